The van der Waals surface area contributed by atoms with E-state index in [4.69, 9.17) is 0 Å². The van der Waals surface area contributed by atoms with Crippen LogP contribution in [0, 0.1) is 0 Å². The second-order valence-electron chi connectivity index (χ2n) is 8.17. The quantitative estimate of drug-likeness (QED) is 0.675. The highest BCUT2D eigenvalue weighted by molar-refractivity contribution is 7.98. The molecule has 164 valence electrons. The second-order valence-corrected chi connectivity index (χ2v) is 9.27. The number of piperazine rings is 1. The highest BCUT2D eigenvalue weighted by Gasteiger charge is 2.23. The van der Waals surface area contributed by atoms with E-state index in [9.17, 15) is 9.59 Å². The van der Waals surface area contributed by atoms with Crippen molar-refractivity contribution in [1.29, 1.82) is 0 Å². The van der Waals surface area contributed by atoms with E-state index in [0.717, 1.165) is 78.2 Å². The fourth-order valence-electron chi connectivity index (χ4n) is 4.44. The van der Waals surface area contributed by atoms with Crippen molar-refractivity contribution < 1.29 is 4.79 Å². The van der Waals surface area contributed by atoms with Crippen LogP contribution in [0.4, 0.5) is 0 Å². The fourth-order valence-corrected chi connectivity index (χ4v) is 5.44. The van der Waals surface area contributed by atoms with Crippen LogP contribution in [0.2, 0.25) is 0 Å². The number of aromatic amines is 1. The molecule has 30 heavy (non-hydrogen) atoms. The van der Waals surface area contributed by atoms with Crippen LogP contribution in [-0.4, -0.2) is 59.2 Å². The van der Waals surface area contributed by atoms with E-state index < -0.39 is 0 Å². The third-order valence-corrected chi connectivity index (χ3v) is 7.19. The van der Waals surface area contributed by atoms with Crippen molar-refractivity contribution in [3.05, 3.63) is 45.2 Å². The molecule has 1 aromatic carbocycles. The maximum atomic E-state index is 13.1. The van der Waals surface area contributed by atoms with Gasteiger partial charge in [-0.25, -0.2) is 0 Å². The van der Waals surface area contributed by atoms with Crippen LogP contribution in [0.3, 0.4) is 0 Å². The molecule has 5 nitrogen and oxygen atoms in total. The molecule has 2 aromatic rings. The molecule has 0 unspecified atom stereocenters. The molecule has 0 radical (unpaired) electrons. The van der Waals surface area contributed by atoms with Crippen LogP contribution < -0.4 is 5.56 Å². The summed E-state index contributed by atoms with van der Waals surface area (Å²) in [6, 6.07) is 5.76. The van der Waals surface area contributed by atoms with Crippen LogP contribution in [-0.2, 0) is 12.2 Å². The van der Waals surface area contributed by atoms with Gasteiger partial charge in [0.15, 0.2) is 0 Å². The standard InChI is InChI=1S/C23H31N3O2S.ClH/c1-2-3-4-5-9-25-10-12-26(13-11-25)23(28)17-6-7-21-19(15-17)18-8-14-29-16-20(18)22(27)24-21;/h6-7,15H,2-5,8-14,16H2,1H3,(H,24,27);1H. The number of aryl methyl sites for hydroxylation is 1. The summed E-state index contributed by atoms with van der Waals surface area (Å²) in [6.07, 6.45) is 6.04. The highest BCUT2D eigenvalue weighted by atomic mass is 35.5. The summed E-state index contributed by atoms with van der Waals surface area (Å²) in [5.41, 5.74) is 3.62. The number of hydrogen-bond acceptors (Lipinski definition) is 4. The molecule has 2 aliphatic heterocycles. The first kappa shape index (κ1) is 23.2. The van der Waals surface area contributed by atoms with Gasteiger partial charge < -0.3 is 9.88 Å². The van der Waals surface area contributed by atoms with Crippen LogP contribution >= 0.6 is 24.2 Å². The fraction of sp³-hybridized carbons (Fsp3) is 0.565. The van der Waals surface area contributed by atoms with Gasteiger partial charge in [0, 0.05) is 54.0 Å². The van der Waals surface area contributed by atoms with Crippen LogP contribution in [0.5, 0.6) is 0 Å². The van der Waals surface area contributed by atoms with Crippen LogP contribution in [0.25, 0.3) is 10.9 Å². The van der Waals surface area contributed by atoms with Crippen molar-refractivity contribution in [1.82, 2.24) is 14.8 Å². The molecule has 0 bridgehead atoms. The first-order valence-electron chi connectivity index (χ1n) is 10.9. The molecule has 1 amide bonds. The zero-order chi connectivity index (χ0) is 20.2. The molecule has 1 aromatic heterocycles. The third kappa shape index (κ3) is 5.04. The molecule has 1 N–H and O–H groups in total. The van der Waals surface area contributed by atoms with E-state index in [1.54, 1.807) is 11.8 Å². The molecule has 0 spiro atoms. The number of amides is 1. The molecule has 0 atom stereocenters. The minimum absolute atomic E-state index is 0. The van der Waals surface area contributed by atoms with Gasteiger partial charge in [0.05, 0.1) is 0 Å². The third-order valence-electron chi connectivity index (χ3n) is 6.21. The number of hydrogen-bond donors (Lipinski definition) is 1. The maximum absolute atomic E-state index is 13.1. The van der Waals surface area contributed by atoms with Crippen molar-refractivity contribution in [3.63, 3.8) is 0 Å². The minimum Gasteiger partial charge on any atom is -0.336 e. The SMILES string of the molecule is CCCCCCN1CCN(C(=O)c2ccc3[nH]c(=O)c4c(c3c2)CCSC4)CC1.Cl. The smallest absolute Gasteiger partial charge is 0.253 e. The number of rotatable bonds is 6. The van der Waals surface area contributed by atoms with Crippen LogP contribution in [0.1, 0.15) is 54.1 Å². The number of carbonyl (C=O) groups excluding carboxylic acids is 1. The molecular formula is C23H32ClN3O2S. The van der Waals surface area contributed by atoms with Gasteiger partial charge in [0.25, 0.3) is 11.5 Å². The summed E-state index contributed by atoms with van der Waals surface area (Å²) in [5, 5.41) is 1.04. The van der Waals surface area contributed by atoms with Gasteiger partial charge in [-0.15, -0.1) is 12.4 Å². The minimum atomic E-state index is 0. The van der Waals surface area contributed by atoms with Crippen molar-refractivity contribution in [2.75, 3.05) is 38.5 Å². The lowest BCUT2D eigenvalue weighted by atomic mass is 9.99. The van der Waals surface area contributed by atoms with E-state index in [1.165, 1.54) is 25.7 Å². The number of benzene rings is 1. The number of aromatic nitrogens is 1. The Balaban J connectivity index is 0.00000256. The molecule has 3 heterocycles. The Bertz CT molecular complexity index is 938. The molecule has 7 heteroatoms. The zero-order valence-corrected chi connectivity index (χ0v) is 19.4. The van der Waals surface area contributed by atoms with Crippen molar-refractivity contribution in [3.8, 4) is 0 Å². The lowest BCUT2D eigenvalue weighted by molar-refractivity contribution is 0.0635. The first-order valence-corrected chi connectivity index (χ1v) is 12.1. The molecule has 0 aliphatic carbocycles. The highest BCUT2D eigenvalue weighted by Crippen LogP contribution is 2.28. The lowest BCUT2D eigenvalue weighted by Gasteiger charge is -2.34. The van der Waals surface area contributed by atoms with E-state index in [0.29, 0.717) is 0 Å². The van der Waals surface area contributed by atoms with Gasteiger partial charge in [-0.2, -0.15) is 11.8 Å². The van der Waals surface area contributed by atoms with Gasteiger partial charge in [0.1, 0.15) is 0 Å². The molecule has 1 saturated heterocycles. The van der Waals surface area contributed by atoms with E-state index in [1.807, 2.05) is 23.1 Å². The summed E-state index contributed by atoms with van der Waals surface area (Å²) >= 11 is 1.80. The summed E-state index contributed by atoms with van der Waals surface area (Å²) in [5.74, 6) is 1.91. The number of fused-ring (bicyclic) bond motifs is 3. The van der Waals surface area contributed by atoms with Gasteiger partial charge in [-0.1, -0.05) is 26.2 Å². The molecule has 1 fully saturated rings. The number of H-pyrrole nitrogens is 1. The summed E-state index contributed by atoms with van der Waals surface area (Å²) in [6.45, 7) is 6.91. The molecule has 4 rings (SSSR count). The van der Waals surface area contributed by atoms with Gasteiger partial charge in [0.2, 0.25) is 0 Å². The number of halogens is 1. The number of carbonyl (C=O) groups is 1. The molecule has 0 saturated carbocycles. The number of unbranched alkanes of at least 4 members (excludes halogenated alkanes) is 3. The van der Waals surface area contributed by atoms with Crippen LogP contribution in [0.15, 0.2) is 23.0 Å². The summed E-state index contributed by atoms with van der Waals surface area (Å²) in [4.78, 5) is 32.9. The summed E-state index contributed by atoms with van der Waals surface area (Å²) < 4.78 is 0. The predicted molar refractivity (Wildman–Crippen MR) is 128 cm³/mol. The first-order chi connectivity index (χ1) is 14.2. The Hall–Kier alpha value is -1.50. The second kappa shape index (κ2) is 10.7. The Morgan fingerprint density at radius 3 is 2.67 bits per heavy atom. The van der Waals surface area contributed by atoms with Gasteiger partial charge in [-0.3, -0.25) is 14.5 Å². The number of nitrogens with one attached hydrogen (secondary N) is 1. The van der Waals surface area contributed by atoms with E-state index in [2.05, 4.69) is 16.8 Å². The summed E-state index contributed by atoms with van der Waals surface area (Å²) in [7, 11) is 0. The number of pyridine rings is 1. The Morgan fingerprint density at radius 1 is 1.10 bits per heavy atom. The Morgan fingerprint density at radius 2 is 1.90 bits per heavy atom. The topological polar surface area (TPSA) is 56.4 Å². The van der Waals surface area contributed by atoms with Crippen molar-refractivity contribution >= 4 is 41.0 Å². The zero-order valence-electron chi connectivity index (χ0n) is 17.7. The van der Waals surface area contributed by atoms with E-state index >= 15 is 0 Å². The Kier molecular flexibility index (Phi) is 8.26. The lowest BCUT2D eigenvalue weighted by Crippen LogP contribution is -2.48. The molecule has 2 aliphatic rings. The average molecular weight is 450 g/mol. The number of thioether (sulfide) groups is 1. The number of nitrogens with zero attached hydrogens (tertiary/aromatic N) is 2. The maximum Gasteiger partial charge on any atom is 0.253 e. The average Bonchev–Trinajstić information content (AvgIpc) is 2.77. The normalized spacial score (nSPS) is 16.9. The monoisotopic (exact) mass is 449 g/mol. The van der Waals surface area contributed by atoms with Crippen molar-refractivity contribution in [2.45, 2.75) is 44.8 Å². The largest absolute Gasteiger partial charge is 0.336 e. The Labute approximate surface area is 189 Å². The van der Waals surface area contributed by atoms with Gasteiger partial charge >= 0.3 is 0 Å². The predicted octanol–water partition coefficient (Wildman–Crippen LogP) is 4.08. The van der Waals surface area contributed by atoms with Gasteiger partial charge in [-0.05, 0) is 48.9 Å². The molecular weight excluding hydrogens is 418 g/mol. The van der Waals surface area contributed by atoms with E-state index in [-0.39, 0.29) is 23.9 Å². The van der Waals surface area contributed by atoms with Crippen molar-refractivity contribution in [2.24, 2.45) is 0 Å².